The first-order valence-corrected chi connectivity index (χ1v) is 8.89. The first-order chi connectivity index (χ1) is 13.8. The van der Waals surface area contributed by atoms with E-state index < -0.39 is 23.6 Å². The van der Waals surface area contributed by atoms with E-state index in [2.05, 4.69) is 5.16 Å². The van der Waals surface area contributed by atoms with E-state index in [9.17, 15) is 23.1 Å². The molecule has 9 heteroatoms. The first kappa shape index (κ1) is 20.8. The van der Waals surface area contributed by atoms with Gasteiger partial charge in [-0.25, -0.2) is 4.79 Å². The lowest BCUT2D eigenvalue weighted by Gasteiger charge is -2.22. The van der Waals surface area contributed by atoms with Crippen LogP contribution in [-0.4, -0.2) is 39.4 Å². The SMILES string of the molecule is CN(Cc1ccccc1C(F)(F)F)CC(O)Cn1c(-c2ccccc2)noc1=O. The molecule has 0 saturated heterocycles. The molecule has 2 aromatic carbocycles. The molecule has 1 atom stereocenters. The molecule has 0 aliphatic heterocycles. The number of aliphatic hydroxyl groups excluding tert-OH is 1. The van der Waals surface area contributed by atoms with Gasteiger partial charge in [-0.2, -0.15) is 13.2 Å². The summed E-state index contributed by atoms with van der Waals surface area (Å²) in [6, 6.07) is 14.2. The van der Waals surface area contributed by atoms with Crippen LogP contribution in [0.1, 0.15) is 11.1 Å². The number of hydrogen-bond donors (Lipinski definition) is 1. The fraction of sp³-hybridized carbons (Fsp3) is 0.300. The van der Waals surface area contributed by atoms with Crippen molar-refractivity contribution in [3.05, 3.63) is 76.3 Å². The van der Waals surface area contributed by atoms with Gasteiger partial charge in [0.05, 0.1) is 18.2 Å². The molecular weight excluding hydrogens is 387 g/mol. The van der Waals surface area contributed by atoms with Gasteiger partial charge in [-0.1, -0.05) is 53.7 Å². The van der Waals surface area contributed by atoms with Crippen molar-refractivity contribution < 1.29 is 22.8 Å². The molecule has 1 N–H and O–H groups in total. The Labute approximate surface area is 164 Å². The number of nitrogens with zero attached hydrogens (tertiary/aromatic N) is 3. The molecule has 6 nitrogen and oxygen atoms in total. The van der Waals surface area contributed by atoms with Gasteiger partial charge in [-0.15, -0.1) is 0 Å². The summed E-state index contributed by atoms with van der Waals surface area (Å²) in [4.78, 5) is 13.5. The topological polar surface area (TPSA) is 71.5 Å². The van der Waals surface area contributed by atoms with Crippen molar-refractivity contribution in [3.8, 4) is 11.4 Å². The van der Waals surface area contributed by atoms with Crippen molar-refractivity contribution in [2.24, 2.45) is 0 Å². The molecule has 0 spiro atoms. The zero-order chi connectivity index (χ0) is 21.0. The third kappa shape index (κ3) is 5.12. The summed E-state index contributed by atoms with van der Waals surface area (Å²) in [5, 5.41) is 14.2. The Hall–Kier alpha value is -2.91. The van der Waals surface area contributed by atoms with Gasteiger partial charge in [-0.05, 0) is 18.7 Å². The number of halogens is 3. The normalized spacial score (nSPS) is 13.0. The van der Waals surface area contributed by atoms with Crippen molar-refractivity contribution in [1.82, 2.24) is 14.6 Å². The average molecular weight is 407 g/mol. The second kappa shape index (κ2) is 8.62. The minimum Gasteiger partial charge on any atom is -0.390 e. The van der Waals surface area contributed by atoms with Gasteiger partial charge in [0, 0.05) is 18.7 Å². The minimum atomic E-state index is -4.45. The van der Waals surface area contributed by atoms with Gasteiger partial charge >= 0.3 is 11.9 Å². The zero-order valence-electron chi connectivity index (χ0n) is 15.6. The number of benzene rings is 2. The quantitative estimate of drug-likeness (QED) is 0.652. The van der Waals surface area contributed by atoms with E-state index in [-0.39, 0.29) is 31.0 Å². The molecule has 3 rings (SSSR count). The summed E-state index contributed by atoms with van der Waals surface area (Å²) in [7, 11) is 1.60. The molecule has 0 radical (unpaired) electrons. The Balaban J connectivity index is 1.69. The lowest BCUT2D eigenvalue weighted by molar-refractivity contribution is -0.138. The Bertz CT molecular complexity index is 999. The van der Waals surface area contributed by atoms with Crippen LogP contribution in [0.5, 0.6) is 0 Å². The van der Waals surface area contributed by atoms with Gasteiger partial charge in [0.2, 0.25) is 0 Å². The molecule has 0 amide bonds. The van der Waals surface area contributed by atoms with E-state index in [1.807, 2.05) is 6.07 Å². The number of aromatic nitrogens is 2. The van der Waals surface area contributed by atoms with Crippen LogP contribution in [0.2, 0.25) is 0 Å². The van der Waals surface area contributed by atoms with Crippen LogP contribution in [-0.2, 0) is 19.3 Å². The molecule has 0 aliphatic rings. The third-order valence-electron chi connectivity index (χ3n) is 4.40. The van der Waals surface area contributed by atoms with Crippen LogP contribution in [0.3, 0.4) is 0 Å². The van der Waals surface area contributed by atoms with Crippen molar-refractivity contribution in [2.45, 2.75) is 25.4 Å². The van der Waals surface area contributed by atoms with Gasteiger partial charge in [-0.3, -0.25) is 14.0 Å². The highest BCUT2D eigenvalue weighted by atomic mass is 19.4. The van der Waals surface area contributed by atoms with Gasteiger partial charge in [0.15, 0.2) is 5.82 Å². The predicted octanol–water partition coefficient (Wildman–Crippen LogP) is 3.02. The monoisotopic (exact) mass is 407 g/mol. The van der Waals surface area contributed by atoms with Gasteiger partial charge < -0.3 is 5.11 Å². The number of rotatable bonds is 7. The van der Waals surface area contributed by atoms with Crippen molar-refractivity contribution >= 4 is 0 Å². The summed E-state index contributed by atoms with van der Waals surface area (Å²) in [6.45, 7) is -0.0489. The second-order valence-electron chi connectivity index (χ2n) is 6.75. The summed E-state index contributed by atoms with van der Waals surface area (Å²) >= 11 is 0. The number of hydrogen-bond acceptors (Lipinski definition) is 5. The molecular formula is C20H20F3N3O3. The smallest absolute Gasteiger partial charge is 0.390 e. The van der Waals surface area contributed by atoms with Crippen molar-refractivity contribution in [1.29, 1.82) is 0 Å². The lowest BCUT2D eigenvalue weighted by atomic mass is 10.1. The Kier molecular flexibility index (Phi) is 6.19. The summed E-state index contributed by atoms with van der Waals surface area (Å²) in [5.41, 5.74) is 0.0581. The molecule has 154 valence electrons. The minimum absolute atomic E-state index is 0.00315. The molecule has 0 saturated carbocycles. The van der Waals surface area contributed by atoms with E-state index in [1.54, 1.807) is 36.2 Å². The maximum absolute atomic E-state index is 13.1. The molecule has 0 bridgehead atoms. The highest BCUT2D eigenvalue weighted by Gasteiger charge is 2.33. The Morgan fingerprint density at radius 1 is 1.14 bits per heavy atom. The molecule has 3 aromatic rings. The second-order valence-corrected chi connectivity index (χ2v) is 6.75. The fourth-order valence-electron chi connectivity index (χ4n) is 3.14. The lowest BCUT2D eigenvalue weighted by Crippen LogP contribution is -2.34. The van der Waals surface area contributed by atoms with E-state index in [4.69, 9.17) is 4.52 Å². The molecule has 0 aliphatic carbocycles. The number of aliphatic hydroxyl groups is 1. The van der Waals surface area contributed by atoms with Crippen molar-refractivity contribution in [3.63, 3.8) is 0 Å². The van der Waals surface area contributed by atoms with E-state index >= 15 is 0 Å². The third-order valence-corrected chi connectivity index (χ3v) is 4.40. The summed E-state index contributed by atoms with van der Waals surface area (Å²) < 4.78 is 45.3. The predicted molar refractivity (Wildman–Crippen MR) is 100.0 cm³/mol. The van der Waals surface area contributed by atoms with Crippen LogP contribution < -0.4 is 5.76 Å². The maximum atomic E-state index is 13.1. The number of likely N-dealkylation sites (N-methyl/N-ethyl adjacent to an activating group) is 1. The van der Waals surface area contributed by atoms with E-state index in [0.717, 1.165) is 6.07 Å². The van der Waals surface area contributed by atoms with Gasteiger partial charge in [0.25, 0.3) is 0 Å². The highest BCUT2D eigenvalue weighted by molar-refractivity contribution is 5.54. The van der Waals surface area contributed by atoms with E-state index in [1.165, 1.54) is 22.8 Å². The van der Waals surface area contributed by atoms with Crippen LogP contribution in [0, 0.1) is 0 Å². The largest absolute Gasteiger partial charge is 0.441 e. The van der Waals surface area contributed by atoms with E-state index in [0.29, 0.717) is 5.56 Å². The summed E-state index contributed by atoms with van der Waals surface area (Å²) in [6.07, 6.45) is -5.46. The van der Waals surface area contributed by atoms with Gasteiger partial charge in [0.1, 0.15) is 0 Å². The Morgan fingerprint density at radius 2 is 1.79 bits per heavy atom. The van der Waals surface area contributed by atoms with Crippen molar-refractivity contribution in [2.75, 3.05) is 13.6 Å². The molecule has 1 aromatic heterocycles. The number of alkyl halides is 3. The van der Waals surface area contributed by atoms with Crippen LogP contribution in [0.25, 0.3) is 11.4 Å². The van der Waals surface area contributed by atoms with Crippen LogP contribution in [0.15, 0.2) is 63.9 Å². The molecule has 1 unspecified atom stereocenters. The molecule has 0 fully saturated rings. The highest BCUT2D eigenvalue weighted by Crippen LogP contribution is 2.32. The average Bonchev–Trinajstić information content (AvgIpc) is 3.02. The fourth-order valence-corrected chi connectivity index (χ4v) is 3.14. The standard InChI is InChI=1S/C20H20F3N3O3/c1-25(11-15-9-5-6-10-17(15)20(21,22)23)12-16(27)13-26-18(24-29-19(26)28)14-7-3-2-4-8-14/h2-10,16,27H,11-13H2,1H3. The Morgan fingerprint density at radius 3 is 2.48 bits per heavy atom. The molecule has 1 heterocycles. The molecule has 29 heavy (non-hydrogen) atoms. The van der Waals surface area contributed by atoms with Crippen LogP contribution >= 0.6 is 0 Å². The summed E-state index contributed by atoms with van der Waals surface area (Å²) in [5.74, 6) is -0.437. The van der Waals surface area contributed by atoms with Crippen LogP contribution in [0.4, 0.5) is 13.2 Å². The maximum Gasteiger partial charge on any atom is 0.441 e. The zero-order valence-corrected chi connectivity index (χ0v) is 15.6. The first-order valence-electron chi connectivity index (χ1n) is 8.89.